The number of hydrogen-bond donors (Lipinski definition) is 3. The molecule has 0 radical (unpaired) electrons. The normalized spacial score (nSPS) is 12.9. The number of amides is 3. The van der Waals surface area contributed by atoms with E-state index in [0.717, 1.165) is 101 Å². The van der Waals surface area contributed by atoms with Gasteiger partial charge in [0.15, 0.2) is 0 Å². The standard InChI is InChI=1S/C28H27NO5.C19H20O3.C18H17ClO3.C10H11NO2.C10H12O2.C9H10O2/c1-19-8-13-25(20(2)14-19)27(31)33-17-23-11-9-22(10-12-23)16-26(30)29-24(18-34-28(29)32)15-21-6-4-3-5-7-21;1-13-4-9-18(14(2)10-13)19(21)22-12-17-7-5-16(6-8-17)11-15(3)20;1-12-3-8-16(13(2)9-12)18(21)22-11-15-6-4-14(5-7-15)10-17(19)20;12-10-11-9(7-13-10)6-8-4-2-1-3-5-8;1-8(12)6-9-2-4-10(7-11)5-3-9;1-6-3-4-8(9(10)11)7(2)5-6/h3-14,24H,15-18H2,1-2H3;4-10H,11-12H2,1-3H3;3-9H,10-11H2,1-2H3;1-5,9H,6-7H2,(H,11,12);2-5,11H,6-7H2,1H3;3-5H,1-2H3,(H,10,11)/t24-;;;9-;;/m1..1../s1. The molecular formula is C94H97ClN2O17. The Morgan fingerprint density at radius 3 is 1.06 bits per heavy atom. The first-order valence-electron chi connectivity index (χ1n) is 37.1. The fourth-order valence-electron chi connectivity index (χ4n) is 12.1. The van der Waals surface area contributed by atoms with Crippen LogP contribution in [0.4, 0.5) is 9.59 Å². The number of aliphatic hydroxyl groups is 1. The van der Waals surface area contributed by atoms with Gasteiger partial charge in [-0.2, -0.15) is 0 Å². The summed E-state index contributed by atoms with van der Waals surface area (Å²) in [4.78, 5) is 117. The van der Waals surface area contributed by atoms with Crippen molar-refractivity contribution in [3.8, 4) is 0 Å². The van der Waals surface area contributed by atoms with Crippen molar-refractivity contribution in [2.75, 3.05) is 13.2 Å². The molecule has 0 bridgehead atoms. The minimum Gasteiger partial charge on any atom is -0.478 e. The van der Waals surface area contributed by atoms with Crippen molar-refractivity contribution in [1.82, 2.24) is 10.2 Å². The number of carboxylic acids is 1. The van der Waals surface area contributed by atoms with Crippen LogP contribution in [0.1, 0.15) is 155 Å². The molecule has 0 aliphatic carbocycles. The summed E-state index contributed by atoms with van der Waals surface area (Å²) in [5, 5.41) is 19.7. The Bertz CT molecular complexity index is 4810. The zero-order valence-corrected chi connectivity index (χ0v) is 66.7. The number of nitrogens with zero attached hydrogens (tertiary/aromatic N) is 1. The van der Waals surface area contributed by atoms with Gasteiger partial charge in [0.1, 0.15) is 44.6 Å². The number of Topliss-reactive ketones (excluding diaryl/α,β-unsaturated/α-hetero) is 2. The van der Waals surface area contributed by atoms with E-state index in [1.807, 2.05) is 237 Å². The lowest BCUT2D eigenvalue weighted by molar-refractivity contribution is -0.128. The summed E-state index contributed by atoms with van der Waals surface area (Å²) in [6.45, 7) is 19.8. The molecule has 3 N–H and O–H groups in total. The van der Waals surface area contributed by atoms with Crippen LogP contribution >= 0.6 is 11.6 Å². The topological polar surface area (TPSA) is 273 Å². The summed E-state index contributed by atoms with van der Waals surface area (Å²) in [7, 11) is 0. The number of alkyl carbamates (subject to hydrolysis) is 1. The molecule has 2 heterocycles. The Morgan fingerprint density at radius 1 is 0.404 bits per heavy atom. The number of ether oxygens (including phenoxy) is 5. The Kier molecular flexibility index (Phi) is 35.2. The Labute approximate surface area is 671 Å². The first-order valence-corrected chi connectivity index (χ1v) is 37.5. The fourth-order valence-corrected chi connectivity index (χ4v) is 12.3. The second-order valence-electron chi connectivity index (χ2n) is 28.0. The highest BCUT2D eigenvalue weighted by atomic mass is 35.5. The fraction of sp³-hybridized carbons (Fsp3) is 0.255. The van der Waals surface area contributed by atoms with E-state index in [2.05, 4.69) is 5.32 Å². The summed E-state index contributed by atoms with van der Waals surface area (Å²) in [5.74, 6) is -1.88. The number of carboxylic acid groups (broad SMARTS) is 1. The van der Waals surface area contributed by atoms with Crippen molar-refractivity contribution >= 4 is 70.4 Å². The van der Waals surface area contributed by atoms with Crippen LogP contribution in [0.2, 0.25) is 0 Å². The van der Waals surface area contributed by atoms with Crippen LogP contribution in [0, 0.1) is 55.4 Å². The average Bonchev–Trinajstić information content (AvgIpc) is 1.66. The molecule has 2 aliphatic rings. The number of imide groups is 1. The molecule has 3 amide bonds. The number of aromatic carboxylic acids is 1. The van der Waals surface area contributed by atoms with Crippen molar-refractivity contribution in [3.63, 3.8) is 0 Å². The lowest BCUT2D eigenvalue weighted by Crippen LogP contribution is -2.41. The third kappa shape index (κ3) is 30.3. The van der Waals surface area contributed by atoms with Crippen molar-refractivity contribution in [1.29, 1.82) is 0 Å². The number of aliphatic hydroxyl groups excluding tert-OH is 1. The van der Waals surface area contributed by atoms with Gasteiger partial charge in [0.2, 0.25) is 11.1 Å². The third-order valence-electron chi connectivity index (χ3n) is 18.0. The number of halogens is 1. The molecule has 592 valence electrons. The Balaban J connectivity index is 0.000000199. The number of hydrogen-bond acceptors (Lipinski definition) is 16. The van der Waals surface area contributed by atoms with Gasteiger partial charge in [-0.25, -0.2) is 33.7 Å². The van der Waals surface area contributed by atoms with Crippen LogP contribution in [0.5, 0.6) is 0 Å². The van der Waals surface area contributed by atoms with Crippen LogP contribution < -0.4 is 5.32 Å². The van der Waals surface area contributed by atoms with Crippen molar-refractivity contribution in [2.24, 2.45) is 0 Å². The van der Waals surface area contributed by atoms with Gasteiger partial charge in [0.05, 0.1) is 47.4 Å². The number of benzene rings is 10. The minimum absolute atomic E-state index is 0.0559. The number of cyclic esters (lactones) is 2. The molecule has 0 unspecified atom stereocenters. The monoisotopic (exact) mass is 1560 g/mol. The highest BCUT2D eigenvalue weighted by molar-refractivity contribution is 6.63. The zero-order valence-electron chi connectivity index (χ0n) is 65.9. The Morgan fingerprint density at radius 2 is 0.737 bits per heavy atom. The highest BCUT2D eigenvalue weighted by Crippen LogP contribution is 2.22. The van der Waals surface area contributed by atoms with Gasteiger partial charge in [0, 0.05) is 19.3 Å². The molecule has 10 aromatic rings. The van der Waals surface area contributed by atoms with E-state index in [1.165, 1.54) is 10.5 Å². The molecule has 0 saturated carbocycles. The van der Waals surface area contributed by atoms with Gasteiger partial charge >= 0.3 is 36.1 Å². The third-order valence-corrected chi connectivity index (χ3v) is 18.1. The van der Waals surface area contributed by atoms with Gasteiger partial charge in [-0.3, -0.25) is 19.2 Å². The lowest BCUT2D eigenvalue weighted by Gasteiger charge is -2.19. The molecule has 2 aliphatic heterocycles. The van der Waals surface area contributed by atoms with E-state index in [1.54, 1.807) is 63.2 Å². The number of carbonyl (C=O) groups excluding carboxylic acids is 9. The summed E-state index contributed by atoms with van der Waals surface area (Å²) in [6, 6.07) is 71.3. The molecule has 12 rings (SSSR count). The van der Waals surface area contributed by atoms with E-state index >= 15 is 0 Å². The predicted molar refractivity (Wildman–Crippen MR) is 437 cm³/mol. The number of rotatable bonds is 23. The molecule has 114 heavy (non-hydrogen) atoms. The second kappa shape index (κ2) is 45.2. The zero-order chi connectivity index (χ0) is 82.8. The van der Waals surface area contributed by atoms with Crippen LogP contribution in [0.25, 0.3) is 0 Å². The summed E-state index contributed by atoms with van der Waals surface area (Å²) >= 11 is 5.34. The maximum atomic E-state index is 12.9. The number of esters is 3. The smallest absolute Gasteiger partial charge is 0.416 e. The van der Waals surface area contributed by atoms with E-state index in [9.17, 15) is 47.9 Å². The molecule has 2 atom stereocenters. The van der Waals surface area contributed by atoms with Gasteiger partial charge < -0.3 is 39.2 Å². The van der Waals surface area contributed by atoms with Gasteiger partial charge in [-0.15, -0.1) is 0 Å². The summed E-state index contributed by atoms with van der Waals surface area (Å²) < 4.78 is 26.1. The molecular weight excluding hydrogens is 1460 g/mol. The second-order valence-corrected chi connectivity index (χ2v) is 28.4. The van der Waals surface area contributed by atoms with Crippen LogP contribution in [0.15, 0.2) is 231 Å². The number of carbonyl (C=O) groups is 10. The molecule has 10 aromatic carbocycles. The number of ketones is 2. The summed E-state index contributed by atoms with van der Waals surface area (Å²) in [5.41, 5.74) is 19.3. The molecule has 0 spiro atoms. The van der Waals surface area contributed by atoms with Crippen LogP contribution in [0.3, 0.4) is 0 Å². The average molecular weight is 1560 g/mol. The number of nitrogens with one attached hydrogen (secondary N) is 1. The predicted octanol–water partition coefficient (Wildman–Crippen LogP) is 17.2. The van der Waals surface area contributed by atoms with Crippen molar-refractivity contribution in [2.45, 2.75) is 146 Å². The largest absolute Gasteiger partial charge is 0.478 e. The van der Waals surface area contributed by atoms with E-state index in [0.29, 0.717) is 48.1 Å². The highest BCUT2D eigenvalue weighted by Gasteiger charge is 2.38. The van der Waals surface area contributed by atoms with Gasteiger partial charge in [0.25, 0.3) is 0 Å². The molecule has 20 heteroatoms. The van der Waals surface area contributed by atoms with Gasteiger partial charge in [-0.05, 0) is 196 Å². The van der Waals surface area contributed by atoms with E-state index in [-0.39, 0.29) is 99.4 Å². The lowest BCUT2D eigenvalue weighted by atomic mass is 10.0. The van der Waals surface area contributed by atoms with Crippen LogP contribution in [-0.4, -0.2) is 99.2 Å². The molecule has 0 aromatic heterocycles. The van der Waals surface area contributed by atoms with E-state index < -0.39 is 17.3 Å². The minimum atomic E-state index is -0.859. The summed E-state index contributed by atoms with van der Waals surface area (Å²) in [6.07, 6.45) is 1.69. The van der Waals surface area contributed by atoms with E-state index in [4.69, 9.17) is 45.5 Å². The molecule has 19 nitrogen and oxygen atoms in total. The maximum Gasteiger partial charge on any atom is 0.416 e. The van der Waals surface area contributed by atoms with Crippen LogP contribution in [-0.2, 0) is 108 Å². The van der Waals surface area contributed by atoms with Crippen molar-refractivity contribution in [3.05, 3.63) is 353 Å². The maximum absolute atomic E-state index is 12.9. The number of aryl methyl sites for hydroxylation is 8. The first kappa shape index (κ1) is 88.8. The van der Waals surface area contributed by atoms with Crippen molar-refractivity contribution < 1.29 is 81.8 Å². The quantitative estimate of drug-likeness (QED) is 0.0305. The SMILES string of the molecule is CC(=O)Cc1ccc(CO)cc1.CC(=O)Cc1ccc(COC(=O)c2ccc(C)cc2C)cc1.Cc1ccc(C(=O)O)c(C)c1.Cc1ccc(C(=O)OCc2ccc(CC(=O)Cl)cc2)c(C)c1.Cc1ccc(C(=O)OCc2ccc(CC(=O)N3C(=O)OC[C@H]3Cc3ccccc3)cc2)c(C)c1.O=C1N[C@H](Cc2ccccc2)CO1. The molecule has 2 saturated heterocycles. The van der Waals surface area contributed by atoms with Gasteiger partial charge in [-0.1, -0.05) is 229 Å². The Hall–Kier alpha value is -12.5. The first-order chi connectivity index (χ1) is 54.5. The molecule has 2 fully saturated rings.